The van der Waals surface area contributed by atoms with Crippen LogP contribution >= 0.6 is 11.8 Å². The van der Waals surface area contributed by atoms with Gasteiger partial charge in [0, 0.05) is 19.3 Å². The van der Waals surface area contributed by atoms with Gasteiger partial charge in [-0.1, -0.05) is 17.8 Å². The molecule has 0 bridgehead atoms. The third-order valence-electron chi connectivity index (χ3n) is 2.56. The molecule has 2 heterocycles. The van der Waals surface area contributed by atoms with E-state index >= 15 is 0 Å². The maximum atomic E-state index is 9.38. The summed E-state index contributed by atoms with van der Waals surface area (Å²) in [4.78, 5) is 0. The largest absolute Gasteiger partial charge is 0.395 e. The number of hydrogen-bond donors (Lipinski definition) is 2. The van der Waals surface area contributed by atoms with Crippen molar-refractivity contribution >= 4 is 17.4 Å². The predicted octanol–water partition coefficient (Wildman–Crippen LogP) is 0.156. The van der Waals surface area contributed by atoms with Crippen LogP contribution in [0.2, 0.25) is 0 Å². The molecule has 7 heteroatoms. The molecule has 0 fully saturated rings. The lowest BCUT2D eigenvalue weighted by atomic mass is 10.2. The van der Waals surface area contributed by atoms with Gasteiger partial charge in [0.25, 0.3) is 0 Å². The van der Waals surface area contributed by atoms with Crippen LogP contribution in [-0.4, -0.2) is 51.3 Å². The number of fused-ring (bicyclic) bond motifs is 1. The molecule has 2 unspecified atom stereocenters. The molecule has 0 aliphatic carbocycles. The molecular formula is C11H16N4O2S. The molecule has 0 aromatic carbocycles. The third-order valence-corrected chi connectivity index (χ3v) is 3.85. The molecule has 0 radical (unpaired) electrons. The highest BCUT2D eigenvalue weighted by atomic mass is 32.2. The minimum Gasteiger partial charge on any atom is -0.395 e. The third kappa shape index (κ3) is 2.81. The van der Waals surface area contributed by atoms with Crippen molar-refractivity contribution in [3.05, 3.63) is 24.4 Å². The molecule has 0 amide bonds. The molecule has 0 saturated carbocycles. The summed E-state index contributed by atoms with van der Waals surface area (Å²) in [5.41, 5.74) is 6.71. The lowest BCUT2D eigenvalue weighted by molar-refractivity contribution is 0.167. The molecule has 3 N–H and O–H groups in total. The van der Waals surface area contributed by atoms with Gasteiger partial charge in [0.1, 0.15) is 0 Å². The van der Waals surface area contributed by atoms with Crippen molar-refractivity contribution in [1.29, 1.82) is 0 Å². The van der Waals surface area contributed by atoms with Crippen LogP contribution < -0.4 is 5.73 Å². The number of aliphatic hydroxyl groups excluding tert-OH is 1. The minimum absolute atomic E-state index is 0.0308. The van der Waals surface area contributed by atoms with Gasteiger partial charge in [0.2, 0.25) is 0 Å². The van der Waals surface area contributed by atoms with E-state index in [1.165, 1.54) is 11.8 Å². The fourth-order valence-corrected chi connectivity index (χ4v) is 2.55. The van der Waals surface area contributed by atoms with Crippen LogP contribution in [0.1, 0.15) is 0 Å². The van der Waals surface area contributed by atoms with E-state index < -0.39 is 0 Å². The average molecular weight is 268 g/mol. The second kappa shape index (κ2) is 6.14. The molecule has 18 heavy (non-hydrogen) atoms. The quantitative estimate of drug-likeness (QED) is 0.726. The first-order valence-corrected chi connectivity index (χ1v) is 6.46. The van der Waals surface area contributed by atoms with Crippen LogP contribution in [0.25, 0.3) is 5.65 Å². The van der Waals surface area contributed by atoms with Gasteiger partial charge < -0.3 is 15.6 Å². The molecule has 2 aromatic heterocycles. The average Bonchev–Trinajstić information content (AvgIpc) is 2.79. The molecule has 2 rings (SSSR count). The zero-order chi connectivity index (χ0) is 13.0. The first kappa shape index (κ1) is 13.3. The molecule has 6 nitrogen and oxygen atoms in total. The van der Waals surface area contributed by atoms with Crippen molar-refractivity contribution in [2.24, 2.45) is 5.73 Å². The molecule has 0 saturated heterocycles. The number of ether oxygens (including phenoxy) is 1. The Hall–Kier alpha value is -1.15. The number of nitrogens with zero attached hydrogens (tertiary/aromatic N) is 3. The molecule has 0 spiro atoms. The van der Waals surface area contributed by atoms with Gasteiger partial charge in [0.05, 0.1) is 18.5 Å². The van der Waals surface area contributed by atoms with Crippen molar-refractivity contribution in [2.45, 2.75) is 16.4 Å². The van der Waals surface area contributed by atoms with Gasteiger partial charge in [0.15, 0.2) is 10.8 Å². The zero-order valence-corrected chi connectivity index (χ0v) is 10.9. The molecule has 0 aliphatic heterocycles. The van der Waals surface area contributed by atoms with Gasteiger partial charge in [-0.05, 0) is 12.1 Å². The molecule has 2 aromatic rings. The fraction of sp³-hybridized carbons (Fsp3) is 0.455. The summed E-state index contributed by atoms with van der Waals surface area (Å²) in [5.74, 6) is 0. The second-order valence-corrected chi connectivity index (χ2v) is 5.08. The zero-order valence-electron chi connectivity index (χ0n) is 10.1. The van der Waals surface area contributed by atoms with Crippen LogP contribution in [0.4, 0.5) is 0 Å². The number of nitrogens with two attached hydrogens (primary N) is 1. The molecule has 2 atom stereocenters. The van der Waals surface area contributed by atoms with Gasteiger partial charge >= 0.3 is 0 Å². The number of hydrogen-bond acceptors (Lipinski definition) is 6. The second-order valence-electron chi connectivity index (χ2n) is 3.87. The number of aromatic nitrogens is 3. The molecule has 98 valence electrons. The van der Waals surface area contributed by atoms with Gasteiger partial charge in [-0.3, -0.25) is 4.40 Å². The lowest BCUT2D eigenvalue weighted by Gasteiger charge is -2.19. The van der Waals surface area contributed by atoms with E-state index in [1.54, 1.807) is 7.11 Å². The van der Waals surface area contributed by atoms with Crippen molar-refractivity contribution in [3.8, 4) is 0 Å². The fourth-order valence-electron chi connectivity index (χ4n) is 1.60. The smallest absolute Gasteiger partial charge is 0.196 e. The number of rotatable bonds is 6. The van der Waals surface area contributed by atoms with Crippen molar-refractivity contribution in [1.82, 2.24) is 14.6 Å². The summed E-state index contributed by atoms with van der Waals surface area (Å²) in [5, 5.41) is 18.1. The Balaban J connectivity index is 2.16. The van der Waals surface area contributed by atoms with E-state index in [2.05, 4.69) is 10.2 Å². The van der Waals surface area contributed by atoms with Crippen molar-refractivity contribution in [2.75, 3.05) is 20.3 Å². The lowest BCUT2D eigenvalue weighted by Crippen LogP contribution is -2.38. The number of aliphatic hydroxyl groups is 1. The Morgan fingerprint density at radius 2 is 2.33 bits per heavy atom. The highest BCUT2D eigenvalue weighted by Gasteiger charge is 2.20. The maximum absolute atomic E-state index is 9.38. The first-order valence-electron chi connectivity index (χ1n) is 5.58. The Bertz CT molecular complexity index is 505. The summed E-state index contributed by atoms with van der Waals surface area (Å²) in [6, 6.07) is 5.43. The van der Waals surface area contributed by atoms with Crippen LogP contribution in [0.15, 0.2) is 29.6 Å². The van der Waals surface area contributed by atoms with E-state index in [9.17, 15) is 5.11 Å². The summed E-state index contributed by atoms with van der Waals surface area (Å²) in [6.07, 6.45) is 1.88. The molecule has 0 aliphatic rings. The normalized spacial score (nSPS) is 14.8. The van der Waals surface area contributed by atoms with E-state index in [1.807, 2.05) is 28.8 Å². The maximum Gasteiger partial charge on any atom is 0.196 e. The minimum atomic E-state index is -0.249. The van der Waals surface area contributed by atoms with Gasteiger partial charge in [-0.25, -0.2) is 0 Å². The van der Waals surface area contributed by atoms with Crippen LogP contribution in [-0.2, 0) is 4.74 Å². The van der Waals surface area contributed by atoms with Crippen molar-refractivity contribution < 1.29 is 9.84 Å². The summed E-state index contributed by atoms with van der Waals surface area (Å²) in [6.45, 7) is 0.367. The highest BCUT2D eigenvalue weighted by molar-refractivity contribution is 7.99. The number of thioether (sulfide) groups is 1. The SMILES string of the molecule is COCC(N)C(CO)Sc1nnc2ccccn12. The van der Waals surface area contributed by atoms with Crippen LogP contribution in [0.5, 0.6) is 0 Å². The van der Waals surface area contributed by atoms with Crippen molar-refractivity contribution in [3.63, 3.8) is 0 Å². The molecular weight excluding hydrogens is 252 g/mol. The number of methoxy groups -OCH3 is 1. The monoisotopic (exact) mass is 268 g/mol. The van der Waals surface area contributed by atoms with E-state index in [4.69, 9.17) is 10.5 Å². The Labute approximate surface area is 109 Å². The van der Waals surface area contributed by atoms with Crippen LogP contribution in [0.3, 0.4) is 0 Å². The van der Waals surface area contributed by atoms with E-state index in [0.29, 0.717) is 6.61 Å². The van der Waals surface area contributed by atoms with Crippen LogP contribution in [0, 0.1) is 0 Å². The van der Waals surface area contributed by atoms with Gasteiger partial charge in [-0.15, -0.1) is 10.2 Å². The first-order chi connectivity index (χ1) is 8.76. The summed E-state index contributed by atoms with van der Waals surface area (Å²) < 4.78 is 6.87. The highest BCUT2D eigenvalue weighted by Crippen LogP contribution is 2.23. The Kier molecular flexibility index (Phi) is 4.54. The Morgan fingerprint density at radius 1 is 1.50 bits per heavy atom. The predicted molar refractivity (Wildman–Crippen MR) is 69.6 cm³/mol. The number of pyridine rings is 1. The standard InChI is InChI=1S/C11H16N4O2S/c1-17-7-8(12)9(6-16)18-11-14-13-10-4-2-3-5-15(10)11/h2-5,8-9,16H,6-7,12H2,1H3. The summed E-state index contributed by atoms with van der Waals surface area (Å²) in [7, 11) is 1.59. The summed E-state index contributed by atoms with van der Waals surface area (Å²) >= 11 is 1.41. The van der Waals surface area contributed by atoms with E-state index in [-0.39, 0.29) is 17.9 Å². The van der Waals surface area contributed by atoms with E-state index in [0.717, 1.165) is 10.8 Å². The Morgan fingerprint density at radius 3 is 3.06 bits per heavy atom. The topological polar surface area (TPSA) is 85.7 Å². The van der Waals surface area contributed by atoms with Gasteiger partial charge in [-0.2, -0.15) is 0 Å².